The third-order valence-corrected chi connectivity index (χ3v) is 2.63. The molecule has 0 unspecified atom stereocenters. The maximum atomic E-state index is 11.1. The topological polar surface area (TPSA) is 46.3 Å². The number of halogens is 1. The van der Waals surface area contributed by atoms with E-state index < -0.39 is 0 Å². The van der Waals surface area contributed by atoms with Gasteiger partial charge in [0.05, 0.1) is 6.54 Å². The third kappa shape index (κ3) is 2.25. The molecule has 1 aliphatic heterocycles. The van der Waals surface area contributed by atoms with Gasteiger partial charge in [0, 0.05) is 22.5 Å². The minimum Gasteiger partial charge on any atom is -0.366 e. The molecule has 1 amide bonds. The lowest BCUT2D eigenvalue weighted by molar-refractivity contribution is -0.114. The lowest BCUT2D eigenvalue weighted by atomic mass is 10.1. The second kappa shape index (κ2) is 4.41. The molecule has 0 saturated carbocycles. The maximum absolute atomic E-state index is 11.1. The molecular weight excluding hydrogens is 224 g/mol. The zero-order chi connectivity index (χ0) is 11.5. The highest BCUT2D eigenvalue weighted by Crippen LogP contribution is 2.21. The normalized spacial score (nSPS) is 14.8. The summed E-state index contributed by atoms with van der Waals surface area (Å²) in [6.07, 6.45) is 5.43. The minimum absolute atomic E-state index is 0.386. The average molecular weight is 235 g/mol. The molecule has 4 heteroatoms. The molecule has 2 rings (SSSR count). The number of anilines is 1. The third-order valence-electron chi connectivity index (χ3n) is 2.38. The number of hydrogen-bond donors (Lipinski definition) is 1. The molecule has 0 spiro atoms. The van der Waals surface area contributed by atoms with E-state index in [-0.39, 0.29) is 5.91 Å². The lowest BCUT2D eigenvalue weighted by Gasteiger charge is -2.23. The van der Waals surface area contributed by atoms with E-state index >= 15 is 0 Å². The Balaban J connectivity index is 2.19. The van der Waals surface area contributed by atoms with Gasteiger partial charge in [0.2, 0.25) is 5.91 Å². The highest BCUT2D eigenvalue weighted by Gasteiger charge is 2.12. The number of allylic oxidation sites excluding steroid dienone is 2. The Morgan fingerprint density at radius 3 is 2.62 bits per heavy atom. The Morgan fingerprint density at radius 2 is 2.00 bits per heavy atom. The van der Waals surface area contributed by atoms with E-state index in [0.717, 1.165) is 5.69 Å². The van der Waals surface area contributed by atoms with Crippen molar-refractivity contribution in [2.45, 2.75) is 0 Å². The van der Waals surface area contributed by atoms with E-state index in [1.54, 1.807) is 12.2 Å². The monoisotopic (exact) mass is 234 g/mol. The van der Waals surface area contributed by atoms with Gasteiger partial charge in [-0.05, 0) is 30.3 Å². The number of nitrogens with two attached hydrogens (primary N) is 1. The molecule has 0 aliphatic carbocycles. The van der Waals surface area contributed by atoms with Crippen molar-refractivity contribution < 1.29 is 4.79 Å². The second-order valence-electron chi connectivity index (χ2n) is 3.50. The molecule has 0 radical (unpaired) electrons. The molecule has 0 atom stereocenters. The summed E-state index contributed by atoms with van der Waals surface area (Å²) in [5, 5.41) is 0.690. The lowest BCUT2D eigenvalue weighted by Crippen LogP contribution is -2.28. The van der Waals surface area contributed by atoms with Gasteiger partial charge in [-0.3, -0.25) is 4.79 Å². The molecule has 82 valence electrons. The fourth-order valence-electron chi connectivity index (χ4n) is 1.52. The zero-order valence-electron chi connectivity index (χ0n) is 8.56. The van der Waals surface area contributed by atoms with E-state index in [4.69, 9.17) is 17.3 Å². The van der Waals surface area contributed by atoms with Crippen LogP contribution < -0.4 is 10.6 Å². The van der Waals surface area contributed by atoms with Gasteiger partial charge in [-0.1, -0.05) is 17.7 Å². The number of benzene rings is 1. The fraction of sp³-hybridized carbons (Fsp3) is 0.0833. The Bertz CT molecular complexity index is 462. The van der Waals surface area contributed by atoms with Crippen LogP contribution in [0.15, 0.2) is 48.2 Å². The van der Waals surface area contributed by atoms with Crippen LogP contribution in [0.2, 0.25) is 5.02 Å². The smallest absolute Gasteiger partial charge is 0.246 e. The van der Waals surface area contributed by atoms with Gasteiger partial charge >= 0.3 is 0 Å². The van der Waals surface area contributed by atoms with Crippen LogP contribution in [0.3, 0.4) is 0 Å². The van der Waals surface area contributed by atoms with Crippen LogP contribution in [-0.4, -0.2) is 12.5 Å². The highest BCUT2D eigenvalue weighted by atomic mass is 35.5. The molecule has 2 N–H and O–H groups in total. The number of amides is 1. The maximum Gasteiger partial charge on any atom is 0.246 e. The number of carbonyl (C=O) groups is 1. The van der Waals surface area contributed by atoms with Gasteiger partial charge in [0.25, 0.3) is 0 Å². The number of nitrogens with zero attached hydrogens (tertiary/aromatic N) is 1. The Labute approximate surface area is 98.8 Å². The van der Waals surface area contributed by atoms with Crippen molar-refractivity contribution in [1.29, 1.82) is 0 Å². The predicted octanol–water partition coefficient (Wildman–Crippen LogP) is 2.09. The summed E-state index contributed by atoms with van der Waals surface area (Å²) >= 11 is 5.81. The molecule has 1 aromatic carbocycles. The molecule has 0 bridgehead atoms. The van der Waals surface area contributed by atoms with Crippen molar-refractivity contribution in [2.75, 3.05) is 11.4 Å². The SMILES string of the molecule is NC(=O)C1=CC=CN(c2ccc(Cl)cc2)C1. The first-order valence-corrected chi connectivity index (χ1v) is 5.24. The number of rotatable bonds is 2. The van der Waals surface area contributed by atoms with E-state index in [9.17, 15) is 4.79 Å². The van der Waals surface area contributed by atoms with Crippen molar-refractivity contribution >= 4 is 23.2 Å². The number of hydrogen-bond acceptors (Lipinski definition) is 2. The second-order valence-corrected chi connectivity index (χ2v) is 3.94. The van der Waals surface area contributed by atoms with Gasteiger partial charge in [0.1, 0.15) is 0 Å². The van der Waals surface area contributed by atoms with Crippen LogP contribution in [0.1, 0.15) is 0 Å². The summed E-state index contributed by atoms with van der Waals surface area (Å²) in [6, 6.07) is 7.42. The molecular formula is C12H11ClN2O. The van der Waals surface area contributed by atoms with Crippen LogP contribution in [0.25, 0.3) is 0 Å². The zero-order valence-corrected chi connectivity index (χ0v) is 9.32. The van der Waals surface area contributed by atoms with Crippen molar-refractivity contribution in [3.05, 3.63) is 53.2 Å². The molecule has 0 aromatic heterocycles. The van der Waals surface area contributed by atoms with Crippen LogP contribution in [-0.2, 0) is 4.79 Å². The first kappa shape index (κ1) is 10.8. The van der Waals surface area contributed by atoms with Crippen molar-refractivity contribution in [1.82, 2.24) is 0 Å². The Morgan fingerprint density at radius 1 is 1.31 bits per heavy atom. The summed E-state index contributed by atoms with van der Waals surface area (Å²) in [7, 11) is 0. The van der Waals surface area contributed by atoms with Crippen molar-refractivity contribution in [2.24, 2.45) is 5.73 Å². The summed E-state index contributed by atoms with van der Waals surface area (Å²) in [4.78, 5) is 13.0. The summed E-state index contributed by atoms with van der Waals surface area (Å²) < 4.78 is 0. The average Bonchev–Trinajstić information content (AvgIpc) is 2.30. The van der Waals surface area contributed by atoms with Crippen LogP contribution >= 0.6 is 11.6 Å². The van der Waals surface area contributed by atoms with E-state index in [1.807, 2.05) is 35.4 Å². The minimum atomic E-state index is -0.386. The summed E-state index contributed by atoms with van der Waals surface area (Å²) in [5.74, 6) is -0.386. The standard InChI is InChI=1S/C12H11ClN2O/c13-10-3-5-11(6-4-10)15-7-1-2-9(8-15)12(14)16/h1-7H,8H2,(H2,14,16). The number of carbonyl (C=O) groups excluding carboxylic acids is 1. The Hall–Kier alpha value is -1.74. The quantitative estimate of drug-likeness (QED) is 0.852. The van der Waals surface area contributed by atoms with Gasteiger partial charge in [-0.15, -0.1) is 0 Å². The van der Waals surface area contributed by atoms with E-state index in [2.05, 4.69) is 0 Å². The van der Waals surface area contributed by atoms with Crippen LogP contribution in [0.4, 0.5) is 5.69 Å². The van der Waals surface area contributed by atoms with Gasteiger partial charge in [0.15, 0.2) is 0 Å². The first-order valence-electron chi connectivity index (χ1n) is 4.86. The molecule has 3 nitrogen and oxygen atoms in total. The largest absolute Gasteiger partial charge is 0.366 e. The molecule has 16 heavy (non-hydrogen) atoms. The predicted molar refractivity (Wildman–Crippen MR) is 65.2 cm³/mol. The molecule has 0 fully saturated rings. The van der Waals surface area contributed by atoms with E-state index in [1.165, 1.54) is 0 Å². The van der Waals surface area contributed by atoms with Crippen LogP contribution in [0, 0.1) is 0 Å². The summed E-state index contributed by atoms with van der Waals surface area (Å²) in [5.41, 5.74) is 6.82. The summed E-state index contributed by atoms with van der Waals surface area (Å²) in [6.45, 7) is 0.494. The van der Waals surface area contributed by atoms with Crippen LogP contribution in [0.5, 0.6) is 0 Å². The molecule has 1 aromatic rings. The number of primary amides is 1. The van der Waals surface area contributed by atoms with E-state index in [0.29, 0.717) is 17.1 Å². The van der Waals surface area contributed by atoms with Crippen molar-refractivity contribution in [3.8, 4) is 0 Å². The van der Waals surface area contributed by atoms with Crippen molar-refractivity contribution in [3.63, 3.8) is 0 Å². The van der Waals surface area contributed by atoms with Gasteiger partial charge in [-0.25, -0.2) is 0 Å². The Kier molecular flexibility index (Phi) is 2.97. The van der Waals surface area contributed by atoms with Gasteiger partial charge < -0.3 is 10.6 Å². The molecule has 1 heterocycles. The first-order chi connectivity index (χ1) is 7.66. The van der Waals surface area contributed by atoms with Gasteiger partial charge in [-0.2, -0.15) is 0 Å². The fourth-order valence-corrected chi connectivity index (χ4v) is 1.65. The molecule has 0 saturated heterocycles. The highest BCUT2D eigenvalue weighted by molar-refractivity contribution is 6.30. The molecule has 1 aliphatic rings.